The monoisotopic (exact) mass is 321 g/mol. The van der Waals surface area contributed by atoms with Gasteiger partial charge >= 0.3 is 5.97 Å². The molecule has 9 heteroatoms. The largest absolute Gasteiger partial charge is 0.456 e. The van der Waals surface area contributed by atoms with Crippen molar-refractivity contribution in [3.8, 4) is 0 Å². The van der Waals surface area contributed by atoms with Crippen LogP contribution in [0.2, 0.25) is 0 Å². The van der Waals surface area contributed by atoms with Gasteiger partial charge in [0.25, 0.3) is 5.91 Å². The number of tetrazole rings is 1. The van der Waals surface area contributed by atoms with Crippen molar-refractivity contribution >= 4 is 11.9 Å². The predicted octanol–water partition coefficient (Wildman–Crippen LogP) is 0.695. The first-order valence-corrected chi connectivity index (χ1v) is 7.04. The molecule has 1 amide bonds. The number of carbonyl (C=O) groups is 2. The number of amides is 1. The second-order valence-electron chi connectivity index (χ2n) is 4.67. The van der Waals surface area contributed by atoms with Gasteiger partial charge in [-0.2, -0.15) is 0 Å². The minimum atomic E-state index is -0.638. The number of carbonyl (C=O) groups excluding carboxylic acids is 2. The number of hydrogen-bond donors (Lipinski definition) is 1. The van der Waals surface area contributed by atoms with Crippen LogP contribution >= 0.6 is 0 Å². The van der Waals surface area contributed by atoms with Crippen LogP contribution in [0, 0.1) is 5.82 Å². The van der Waals surface area contributed by atoms with E-state index in [1.165, 1.54) is 18.2 Å². The molecular formula is C14H16FN5O3. The highest BCUT2D eigenvalue weighted by Gasteiger charge is 2.12. The standard InChI is InChI=1S/C14H16FN5O3/c1-2-6-20-12(17-18-19-20)9-23-13(21)8-16-14(22)10-4-3-5-11(15)7-10/h3-5,7H,2,6,8-9H2,1H3,(H,16,22). The molecule has 0 spiro atoms. The molecule has 0 fully saturated rings. The molecule has 1 aromatic heterocycles. The zero-order chi connectivity index (χ0) is 16.7. The van der Waals surface area contributed by atoms with Gasteiger partial charge in [0.2, 0.25) is 0 Å². The molecule has 0 saturated carbocycles. The number of aryl methyl sites for hydroxylation is 1. The summed E-state index contributed by atoms with van der Waals surface area (Å²) >= 11 is 0. The molecular weight excluding hydrogens is 305 g/mol. The molecule has 0 bridgehead atoms. The highest BCUT2D eigenvalue weighted by atomic mass is 19.1. The summed E-state index contributed by atoms with van der Waals surface area (Å²) in [6.07, 6.45) is 0.843. The van der Waals surface area contributed by atoms with Gasteiger partial charge in [-0.15, -0.1) is 5.10 Å². The van der Waals surface area contributed by atoms with Gasteiger partial charge in [-0.05, 0) is 35.0 Å². The van der Waals surface area contributed by atoms with Crippen LogP contribution in [0.25, 0.3) is 0 Å². The summed E-state index contributed by atoms with van der Waals surface area (Å²) in [5.74, 6) is -1.29. The van der Waals surface area contributed by atoms with Crippen LogP contribution in [-0.2, 0) is 22.7 Å². The van der Waals surface area contributed by atoms with E-state index in [0.717, 1.165) is 12.5 Å². The molecule has 2 rings (SSSR count). The van der Waals surface area contributed by atoms with Crippen LogP contribution in [0.3, 0.4) is 0 Å². The summed E-state index contributed by atoms with van der Waals surface area (Å²) in [4.78, 5) is 23.4. The maximum absolute atomic E-state index is 13.0. The van der Waals surface area contributed by atoms with E-state index in [1.54, 1.807) is 4.68 Å². The molecule has 122 valence electrons. The van der Waals surface area contributed by atoms with Crippen molar-refractivity contribution in [1.29, 1.82) is 0 Å². The molecule has 2 aromatic rings. The van der Waals surface area contributed by atoms with Gasteiger partial charge in [-0.3, -0.25) is 9.59 Å². The minimum absolute atomic E-state index is 0.0817. The topological polar surface area (TPSA) is 99.0 Å². The molecule has 0 aliphatic carbocycles. The van der Waals surface area contributed by atoms with Crippen LogP contribution in [0.1, 0.15) is 29.5 Å². The lowest BCUT2D eigenvalue weighted by molar-refractivity contribution is -0.144. The minimum Gasteiger partial charge on any atom is -0.456 e. The first-order valence-electron chi connectivity index (χ1n) is 7.04. The molecule has 0 unspecified atom stereocenters. The Labute approximate surface area is 131 Å². The quantitative estimate of drug-likeness (QED) is 0.754. The lowest BCUT2D eigenvalue weighted by atomic mass is 10.2. The van der Waals surface area contributed by atoms with Crippen molar-refractivity contribution in [2.45, 2.75) is 26.5 Å². The van der Waals surface area contributed by atoms with Crippen LogP contribution in [0.5, 0.6) is 0 Å². The fourth-order valence-corrected chi connectivity index (χ4v) is 1.79. The van der Waals surface area contributed by atoms with Crippen LogP contribution in [0.15, 0.2) is 24.3 Å². The Morgan fingerprint density at radius 1 is 1.39 bits per heavy atom. The highest BCUT2D eigenvalue weighted by molar-refractivity contribution is 5.95. The van der Waals surface area contributed by atoms with Gasteiger partial charge in [0.1, 0.15) is 12.4 Å². The second kappa shape index (κ2) is 7.97. The first kappa shape index (κ1) is 16.5. The van der Waals surface area contributed by atoms with E-state index in [2.05, 4.69) is 20.8 Å². The van der Waals surface area contributed by atoms with Gasteiger partial charge < -0.3 is 10.1 Å². The maximum Gasteiger partial charge on any atom is 0.325 e. The Balaban J connectivity index is 1.79. The molecule has 1 heterocycles. The Morgan fingerprint density at radius 2 is 2.22 bits per heavy atom. The number of benzene rings is 1. The Kier molecular flexibility index (Phi) is 5.73. The van der Waals surface area contributed by atoms with Crippen LogP contribution < -0.4 is 5.32 Å². The molecule has 23 heavy (non-hydrogen) atoms. The Bertz CT molecular complexity index is 689. The Morgan fingerprint density at radius 3 is 2.96 bits per heavy atom. The summed E-state index contributed by atoms with van der Waals surface area (Å²) in [5, 5.41) is 13.4. The summed E-state index contributed by atoms with van der Waals surface area (Å²) < 4.78 is 19.5. The van der Waals surface area contributed by atoms with Crippen LogP contribution in [0.4, 0.5) is 4.39 Å². The van der Waals surface area contributed by atoms with E-state index < -0.39 is 17.7 Å². The molecule has 0 aliphatic rings. The first-order chi connectivity index (χ1) is 11.1. The van der Waals surface area contributed by atoms with Gasteiger partial charge in [-0.25, -0.2) is 9.07 Å². The molecule has 0 aliphatic heterocycles. The molecule has 0 radical (unpaired) electrons. The molecule has 1 aromatic carbocycles. The van der Waals surface area contributed by atoms with Crippen molar-refractivity contribution in [2.75, 3.05) is 6.54 Å². The second-order valence-corrected chi connectivity index (χ2v) is 4.67. The molecule has 0 atom stereocenters. The smallest absolute Gasteiger partial charge is 0.325 e. The molecule has 8 nitrogen and oxygen atoms in total. The van der Waals surface area contributed by atoms with Crippen molar-refractivity contribution in [3.63, 3.8) is 0 Å². The zero-order valence-corrected chi connectivity index (χ0v) is 12.5. The number of esters is 1. The summed E-state index contributed by atoms with van der Waals surface area (Å²) in [5.41, 5.74) is 0.129. The van der Waals surface area contributed by atoms with Gasteiger partial charge in [0, 0.05) is 12.1 Å². The third-order valence-electron chi connectivity index (χ3n) is 2.88. The van der Waals surface area contributed by atoms with E-state index >= 15 is 0 Å². The number of halogens is 1. The fraction of sp³-hybridized carbons (Fsp3) is 0.357. The average molecular weight is 321 g/mol. The Hall–Kier alpha value is -2.84. The van der Waals surface area contributed by atoms with Crippen molar-refractivity contribution < 1.29 is 18.7 Å². The van der Waals surface area contributed by atoms with E-state index in [1.807, 2.05) is 6.92 Å². The SMILES string of the molecule is CCCn1nnnc1COC(=O)CNC(=O)c1cccc(F)c1. The van der Waals surface area contributed by atoms with E-state index in [4.69, 9.17) is 4.74 Å². The predicted molar refractivity (Wildman–Crippen MR) is 76.6 cm³/mol. The maximum atomic E-state index is 13.0. The normalized spacial score (nSPS) is 10.3. The lowest BCUT2D eigenvalue weighted by Crippen LogP contribution is -2.30. The van der Waals surface area contributed by atoms with E-state index in [0.29, 0.717) is 12.4 Å². The van der Waals surface area contributed by atoms with Gasteiger partial charge in [0.05, 0.1) is 0 Å². The van der Waals surface area contributed by atoms with E-state index in [-0.39, 0.29) is 18.7 Å². The van der Waals surface area contributed by atoms with Crippen molar-refractivity contribution in [1.82, 2.24) is 25.5 Å². The van der Waals surface area contributed by atoms with E-state index in [9.17, 15) is 14.0 Å². The number of aromatic nitrogens is 4. The summed E-state index contributed by atoms with van der Waals surface area (Å²) in [6.45, 7) is 2.18. The lowest BCUT2D eigenvalue weighted by Gasteiger charge is -2.07. The van der Waals surface area contributed by atoms with Crippen molar-refractivity contribution in [2.24, 2.45) is 0 Å². The molecule has 1 N–H and O–H groups in total. The third kappa shape index (κ3) is 4.83. The summed E-state index contributed by atoms with van der Waals surface area (Å²) in [7, 11) is 0. The highest BCUT2D eigenvalue weighted by Crippen LogP contribution is 2.03. The average Bonchev–Trinajstić information content (AvgIpc) is 2.98. The number of rotatable bonds is 7. The number of nitrogens with one attached hydrogen (secondary N) is 1. The third-order valence-corrected chi connectivity index (χ3v) is 2.88. The fourth-order valence-electron chi connectivity index (χ4n) is 1.79. The van der Waals surface area contributed by atoms with Crippen molar-refractivity contribution in [3.05, 3.63) is 41.5 Å². The zero-order valence-electron chi connectivity index (χ0n) is 12.5. The summed E-state index contributed by atoms with van der Waals surface area (Å²) in [6, 6.07) is 5.17. The van der Waals surface area contributed by atoms with Crippen LogP contribution in [-0.4, -0.2) is 38.6 Å². The number of ether oxygens (including phenoxy) is 1. The number of nitrogens with zero attached hydrogens (tertiary/aromatic N) is 4. The molecule has 0 saturated heterocycles. The van der Waals surface area contributed by atoms with Gasteiger partial charge in [-0.1, -0.05) is 13.0 Å². The van der Waals surface area contributed by atoms with Gasteiger partial charge in [0.15, 0.2) is 12.4 Å². The number of hydrogen-bond acceptors (Lipinski definition) is 6.